The van der Waals surface area contributed by atoms with Crippen molar-refractivity contribution in [2.24, 2.45) is 11.8 Å². The number of benzene rings is 1. The van der Waals surface area contributed by atoms with Crippen LogP contribution in [0.15, 0.2) is 30.7 Å². The fraction of sp³-hybridized carbons (Fsp3) is 0.474. The molecule has 1 aliphatic rings. The number of aromatic nitrogens is 2. The third-order valence-corrected chi connectivity index (χ3v) is 4.35. The van der Waals surface area contributed by atoms with E-state index < -0.39 is 0 Å². The van der Waals surface area contributed by atoms with Crippen molar-refractivity contribution in [3.05, 3.63) is 42.0 Å². The average molecular weight is 343 g/mol. The van der Waals surface area contributed by atoms with Crippen LogP contribution >= 0.6 is 0 Å². The summed E-state index contributed by atoms with van der Waals surface area (Å²) in [6.07, 6.45) is 4.28. The van der Waals surface area contributed by atoms with Gasteiger partial charge >= 0.3 is 0 Å². The van der Waals surface area contributed by atoms with Crippen LogP contribution in [0.3, 0.4) is 0 Å². The van der Waals surface area contributed by atoms with Crippen molar-refractivity contribution in [3.63, 3.8) is 0 Å². The molecule has 1 aliphatic heterocycles. The lowest BCUT2D eigenvalue weighted by Gasteiger charge is -2.25. The average Bonchev–Trinajstić information content (AvgIpc) is 3.04. The zero-order chi connectivity index (χ0) is 17.8. The lowest BCUT2D eigenvalue weighted by molar-refractivity contribution is -0.126. The highest BCUT2D eigenvalue weighted by Gasteiger charge is 2.27. The molecule has 6 nitrogen and oxygen atoms in total. The maximum Gasteiger partial charge on any atom is 0.227 e. The van der Waals surface area contributed by atoms with Crippen LogP contribution in [0.5, 0.6) is 11.5 Å². The van der Waals surface area contributed by atoms with Crippen LogP contribution in [0, 0.1) is 11.8 Å². The molecule has 0 spiro atoms. The van der Waals surface area contributed by atoms with Gasteiger partial charge in [-0.1, -0.05) is 26.0 Å². The number of para-hydroxylation sites is 1. The molecule has 0 saturated carbocycles. The quantitative estimate of drug-likeness (QED) is 0.875. The number of rotatable bonds is 6. The molecule has 0 bridgehead atoms. The van der Waals surface area contributed by atoms with Crippen molar-refractivity contribution in [2.45, 2.75) is 33.4 Å². The summed E-state index contributed by atoms with van der Waals surface area (Å²) in [5.74, 6) is 1.81. The first-order chi connectivity index (χ1) is 12.1. The fourth-order valence-corrected chi connectivity index (χ4v) is 3.10. The van der Waals surface area contributed by atoms with E-state index in [4.69, 9.17) is 9.47 Å². The summed E-state index contributed by atoms with van der Waals surface area (Å²) >= 11 is 0. The molecule has 0 fully saturated rings. The van der Waals surface area contributed by atoms with Gasteiger partial charge < -0.3 is 19.4 Å². The molecule has 1 unspecified atom stereocenters. The summed E-state index contributed by atoms with van der Waals surface area (Å²) in [5, 5.41) is 3.02. The zero-order valence-corrected chi connectivity index (χ0v) is 15.0. The van der Waals surface area contributed by atoms with E-state index in [-0.39, 0.29) is 11.8 Å². The molecule has 2 aromatic rings. The number of hydrogen-bond donors (Lipinski definition) is 1. The van der Waals surface area contributed by atoms with Crippen LogP contribution in [0.4, 0.5) is 0 Å². The van der Waals surface area contributed by atoms with Gasteiger partial charge in [0.25, 0.3) is 0 Å². The topological polar surface area (TPSA) is 65.4 Å². The van der Waals surface area contributed by atoms with Gasteiger partial charge in [-0.3, -0.25) is 4.79 Å². The summed E-state index contributed by atoms with van der Waals surface area (Å²) < 4.78 is 13.2. The van der Waals surface area contributed by atoms with E-state index in [0.717, 1.165) is 23.6 Å². The number of amides is 1. The lowest BCUT2D eigenvalue weighted by atomic mass is 9.95. The Morgan fingerprint density at radius 1 is 1.48 bits per heavy atom. The predicted octanol–water partition coefficient (Wildman–Crippen LogP) is 2.42. The van der Waals surface area contributed by atoms with Gasteiger partial charge in [-0.25, -0.2) is 4.98 Å². The minimum atomic E-state index is -0.193. The van der Waals surface area contributed by atoms with Gasteiger partial charge in [-0.05, 0) is 24.0 Å². The van der Waals surface area contributed by atoms with Crippen LogP contribution in [0.25, 0.3) is 0 Å². The maximum absolute atomic E-state index is 12.5. The molecule has 1 N–H and O–H groups in total. The molecule has 1 aromatic carbocycles. The van der Waals surface area contributed by atoms with Gasteiger partial charge in [0, 0.05) is 12.7 Å². The normalized spacial score (nSPS) is 16.2. The highest BCUT2D eigenvalue weighted by Crippen LogP contribution is 2.36. The molecule has 0 radical (unpaired) electrons. The molecule has 2 heterocycles. The number of methoxy groups -OCH3 is 1. The molecule has 25 heavy (non-hydrogen) atoms. The Balaban J connectivity index is 1.60. The molecule has 1 aromatic heterocycles. The molecular formula is C19H25N3O3. The van der Waals surface area contributed by atoms with Gasteiger partial charge in [-0.15, -0.1) is 0 Å². The second kappa shape index (κ2) is 7.59. The predicted molar refractivity (Wildman–Crippen MR) is 94.6 cm³/mol. The SMILES string of the molecule is COc1cccc2c1OCC(C(=O)NCc1cncn1CC(C)C)C2. The van der Waals surface area contributed by atoms with Crippen LogP contribution < -0.4 is 14.8 Å². The Morgan fingerprint density at radius 3 is 3.08 bits per heavy atom. The van der Waals surface area contributed by atoms with E-state index >= 15 is 0 Å². The van der Waals surface area contributed by atoms with Gasteiger partial charge in [0.2, 0.25) is 5.91 Å². The van der Waals surface area contributed by atoms with E-state index in [0.29, 0.717) is 31.2 Å². The van der Waals surface area contributed by atoms with Crippen LogP contribution in [-0.2, 0) is 24.3 Å². The number of fused-ring (bicyclic) bond motifs is 1. The molecular weight excluding hydrogens is 318 g/mol. The number of carbonyl (C=O) groups is 1. The van der Waals surface area contributed by atoms with E-state index in [1.807, 2.05) is 24.5 Å². The second-order valence-corrected chi connectivity index (χ2v) is 6.81. The highest BCUT2D eigenvalue weighted by molar-refractivity contribution is 5.79. The maximum atomic E-state index is 12.5. The minimum absolute atomic E-state index is 0.00534. The first-order valence-electron chi connectivity index (χ1n) is 8.64. The molecule has 3 rings (SSSR count). The third kappa shape index (κ3) is 3.95. The summed E-state index contributed by atoms with van der Waals surface area (Å²) in [6, 6.07) is 5.77. The summed E-state index contributed by atoms with van der Waals surface area (Å²) in [6.45, 7) is 6.06. The van der Waals surface area contributed by atoms with Crippen molar-refractivity contribution < 1.29 is 14.3 Å². The second-order valence-electron chi connectivity index (χ2n) is 6.81. The number of imidazole rings is 1. The smallest absolute Gasteiger partial charge is 0.227 e. The molecule has 0 aliphatic carbocycles. The van der Waals surface area contributed by atoms with Gasteiger partial charge in [0.05, 0.1) is 31.6 Å². The molecule has 1 atom stereocenters. The van der Waals surface area contributed by atoms with Crippen LogP contribution in [-0.4, -0.2) is 29.2 Å². The minimum Gasteiger partial charge on any atom is -0.493 e. The first kappa shape index (κ1) is 17.3. The van der Waals surface area contributed by atoms with Crippen LogP contribution in [0.1, 0.15) is 25.1 Å². The van der Waals surface area contributed by atoms with Crippen molar-refractivity contribution in [1.29, 1.82) is 0 Å². The number of nitrogens with one attached hydrogen (secondary N) is 1. The number of hydrogen-bond acceptors (Lipinski definition) is 4. The van der Waals surface area contributed by atoms with E-state index in [1.165, 1.54) is 0 Å². The van der Waals surface area contributed by atoms with Crippen molar-refractivity contribution in [2.75, 3.05) is 13.7 Å². The fourth-order valence-electron chi connectivity index (χ4n) is 3.10. The lowest BCUT2D eigenvalue weighted by Crippen LogP contribution is -2.37. The van der Waals surface area contributed by atoms with E-state index in [9.17, 15) is 4.79 Å². The van der Waals surface area contributed by atoms with Gasteiger partial charge in [0.15, 0.2) is 11.5 Å². The number of nitrogens with zero attached hydrogens (tertiary/aromatic N) is 2. The molecule has 6 heteroatoms. The van der Waals surface area contributed by atoms with E-state index in [1.54, 1.807) is 13.3 Å². The van der Waals surface area contributed by atoms with Crippen molar-refractivity contribution >= 4 is 5.91 Å². The number of ether oxygens (including phenoxy) is 2. The molecule has 1 amide bonds. The summed E-state index contributed by atoms with van der Waals surface area (Å²) in [7, 11) is 1.62. The Morgan fingerprint density at radius 2 is 2.32 bits per heavy atom. The Kier molecular flexibility index (Phi) is 5.26. The molecule has 134 valence electrons. The van der Waals surface area contributed by atoms with Crippen LogP contribution in [0.2, 0.25) is 0 Å². The Hall–Kier alpha value is -2.50. The summed E-state index contributed by atoms with van der Waals surface area (Å²) in [4.78, 5) is 16.7. The molecule has 0 saturated heterocycles. The summed E-state index contributed by atoms with van der Waals surface area (Å²) in [5.41, 5.74) is 2.02. The first-order valence-corrected chi connectivity index (χ1v) is 8.64. The standard InChI is InChI=1S/C19H25N3O3/c1-13(2)10-22-12-20-8-16(22)9-21-19(23)15-7-14-5-4-6-17(24-3)18(14)25-11-15/h4-6,8,12-13,15H,7,9-11H2,1-3H3,(H,21,23). The number of carbonyl (C=O) groups excluding carboxylic acids is 1. The Bertz CT molecular complexity index is 739. The zero-order valence-electron chi connectivity index (χ0n) is 15.0. The largest absolute Gasteiger partial charge is 0.493 e. The monoisotopic (exact) mass is 343 g/mol. The van der Waals surface area contributed by atoms with Gasteiger partial charge in [-0.2, -0.15) is 0 Å². The highest BCUT2D eigenvalue weighted by atomic mass is 16.5. The Labute approximate surface area is 148 Å². The van der Waals surface area contributed by atoms with E-state index in [2.05, 4.69) is 28.7 Å². The van der Waals surface area contributed by atoms with Crippen molar-refractivity contribution in [3.8, 4) is 11.5 Å². The van der Waals surface area contributed by atoms with Gasteiger partial charge in [0.1, 0.15) is 6.61 Å². The van der Waals surface area contributed by atoms with Crippen molar-refractivity contribution in [1.82, 2.24) is 14.9 Å². The third-order valence-electron chi connectivity index (χ3n) is 4.35.